The number of hydrogen-bond acceptors (Lipinski definition) is 4. The SMILES string of the molecule is Cc1ncc(CNCC2(C)CCCNC2)s1. The number of aromatic nitrogens is 1. The minimum Gasteiger partial charge on any atom is -0.316 e. The lowest BCUT2D eigenvalue weighted by molar-refractivity contribution is 0.226. The summed E-state index contributed by atoms with van der Waals surface area (Å²) >= 11 is 1.78. The fourth-order valence-electron chi connectivity index (χ4n) is 2.24. The molecule has 0 aliphatic carbocycles. The third-order valence-corrected chi connectivity index (χ3v) is 4.12. The molecule has 1 saturated heterocycles. The van der Waals surface area contributed by atoms with E-state index in [1.165, 1.54) is 24.3 Å². The summed E-state index contributed by atoms with van der Waals surface area (Å²) in [5, 5.41) is 8.19. The van der Waals surface area contributed by atoms with Gasteiger partial charge in [-0.05, 0) is 31.7 Å². The molecule has 0 radical (unpaired) electrons. The normalized spacial score (nSPS) is 25.9. The molecule has 0 aromatic carbocycles. The van der Waals surface area contributed by atoms with Crippen LogP contribution in [0.2, 0.25) is 0 Å². The van der Waals surface area contributed by atoms with Crippen LogP contribution in [-0.4, -0.2) is 24.6 Å². The first kappa shape index (κ1) is 12.0. The van der Waals surface area contributed by atoms with Crippen LogP contribution in [-0.2, 0) is 6.54 Å². The lowest BCUT2D eigenvalue weighted by atomic mass is 9.83. The van der Waals surface area contributed by atoms with Crippen molar-refractivity contribution >= 4 is 11.3 Å². The van der Waals surface area contributed by atoms with E-state index in [2.05, 4.69) is 29.5 Å². The molecular weight excluding hydrogens is 218 g/mol. The van der Waals surface area contributed by atoms with Gasteiger partial charge in [0, 0.05) is 30.7 Å². The van der Waals surface area contributed by atoms with Crippen molar-refractivity contribution in [1.82, 2.24) is 15.6 Å². The van der Waals surface area contributed by atoms with Gasteiger partial charge in [0.05, 0.1) is 5.01 Å². The van der Waals surface area contributed by atoms with Crippen molar-refractivity contribution in [2.75, 3.05) is 19.6 Å². The van der Waals surface area contributed by atoms with Crippen LogP contribution in [0.1, 0.15) is 29.7 Å². The molecule has 2 heterocycles. The minimum absolute atomic E-state index is 0.429. The van der Waals surface area contributed by atoms with E-state index in [0.717, 1.165) is 24.6 Å². The predicted molar refractivity (Wildman–Crippen MR) is 68.8 cm³/mol. The van der Waals surface area contributed by atoms with Gasteiger partial charge in [0.1, 0.15) is 0 Å². The van der Waals surface area contributed by atoms with E-state index in [4.69, 9.17) is 0 Å². The highest BCUT2D eigenvalue weighted by Crippen LogP contribution is 2.24. The third-order valence-electron chi connectivity index (χ3n) is 3.21. The molecule has 1 aromatic rings. The Kier molecular flexibility index (Phi) is 3.95. The summed E-state index contributed by atoms with van der Waals surface area (Å²) in [5.74, 6) is 0. The first-order valence-electron chi connectivity index (χ1n) is 6.01. The molecule has 16 heavy (non-hydrogen) atoms. The van der Waals surface area contributed by atoms with Gasteiger partial charge in [-0.2, -0.15) is 0 Å². The molecule has 0 bridgehead atoms. The molecule has 2 rings (SSSR count). The number of hydrogen-bond donors (Lipinski definition) is 2. The number of piperidine rings is 1. The van der Waals surface area contributed by atoms with Crippen molar-refractivity contribution in [1.29, 1.82) is 0 Å². The maximum absolute atomic E-state index is 4.27. The topological polar surface area (TPSA) is 37.0 Å². The summed E-state index contributed by atoms with van der Waals surface area (Å²) in [6.45, 7) is 8.80. The second-order valence-corrected chi connectivity index (χ2v) is 6.36. The van der Waals surface area contributed by atoms with E-state index in [9.17, 15) is 0 Å². The van der Waals surface area contributed by atoms with Crippen LogP contribution >= 0.6 is 11.3 Å². The molecule has 1 atom stereocenters. The molecular formula is C12H21N3S. The molecule has 1 fully saturated rings. The summed E-state index contributed by atoms with van der Waals surface area (Å²) in [6, 6.07) is 0. The Morgan fingerprint density at radius 3 is 3.12 bits per heavy atom. The highest BCUT2D eigenvalue weighted by molar-refractivity contribution is 7.11. The van der Waals surface area contributed by atoms with Crippen LogP contribution in [0.15, 0.2) is 6.20 Å². The van der Waals surface area contributed by atoms with Gasteiger partial charge in [0.15, 0.2) is 0 Å². The quantitative estimate of drug-likeness (QED) is 0.843. The standard InChI is InChI=1S/C12H21N3S/c1-10-15-7-11(16-10)6-14-9-12(2)4-3-5-13-8-12/h7,13-14H,3-6,8-9H2,1-2H3. The summed E-state index contributed by atoms with van der Waals surface area (Å²) in [4.78, 5) is 5.60. The van der Waals surface area contributed by atoms with Crippen molar-refractivity contribution < 1.29 is 0 Å². The molecule has 0 spiro atoms. The number of thiazole rings is 1. The molecule has 1 aromatic heterocycles. The molecule has 3 nitrogen and oxygen atoms in total. The Balaban J connectivity index is 1.74. The van der Waals surface area contributed by atoms with Crippen LogP contribution in [0.25, 0.3) is 0 Å². The smallest absolute Gasteiger partial charge is 0.0897 e. The van der Waals surface area contributed by atoms with E-state index in [-0.39, 0.29) is 0 Å². The molecule has 1 aliphatic rings. The minimum atomic E-state index is 0.429. The van der Waals surface area contributed by atoms with Gasteiger partial charge in [-0.3, -0.25) is 0 Å². The van der Waals surface area contributed by atoms with Gasteiger partial charge in [-0.25, -0.2) is 4.98 Å². The summed E-state index contributed by atoms with van der Waals surface area (Å²) in [5.41, 5.74) is 0.429. The summed E-state index contributed by atoms with van der Waals surface area (Å²) < 4.78 is 0. The fourth-order valence-corrected chi connectivity index (χ4v) is 3.01. The van der Waals surface area contributed by atoms with E-state index >= 15 is 0 Å². The van der Waals surface area contributed by atoms with Gasteiger partial charge in [-0.15, -0.1) is 11.3 Å². The van der Waals surface area contributed by atoms with Crippen molar-refractivity contribution in [2.24, 2.45) is 5.41 Å². The van der Waals surface area contributed by atoms with E-state index in [0.29, 0.717) is 5.41 Å². The fraction of sp³-hybridized carbons (Fsp3) is 0.750. The highest BCUT2D eigenvalue weighted by Gasteiger charge is 2.25. The molecule has 4 heteroatoms. The molecule has 1 aliphatic heterocycles. The average Bonchev–Trinajstić information content (AvgIpc) is 2.65. The largest absolute Gasteiger partial charge is 0.316 e. The second-order valence-electron chi connectivity index (χ2n) is 5.04. The van der Waals surface area contributed by atoms with Crippen molar-refractivity contribution in [3.05, 3.63) is 16.1 Å². The lowest BCUT2D eigenvalue weighted by Crippen LogP contribution is -2.44. The first-order valence-corrected chi connectivity index (χ1v) is 6.82. The van der Waals surface area contributed by atoms with Crippen molar-refractivity contribution in [2.45, 2.75) is 33.2 Å². The summed E-state index contributed by atoms with van der Waals surface area (Å²) in [6.07, 6.45) is 4.61. The highest BCUT2D eigenvalue weighted by atomic mass is 32.1. The Labute approximate surface area is 102 Å². The Morgan fingerprint density at radius 2 is 2.50 bits per heavy atom. The molecule has 1 unspecified atom stereocenters. The van der Waals surface area contributed by atoms with Crippen LogP contribution in [0.4, 0.5) is 0 Å². The maximum Gasteiger partial charge on any atom is 0.0897 e. The van der Waals surface area contributed by atoms with Gasteiger partial charge in [-0.1, -0.05) is 6.92 Å². The molecule has 90 valence electrons. The van der Waals surface area contributed by atoms with Crippen LogP contribution in [0.3, 0.4) is 0 Å². The molecule has 2 N–H and O–H groups in total. The Morgan fingerprint density at radius 1 is 1.62 bits per heavy atom. The zero-order valence-electron chi connectivity index (χ0n) is 10.2. The Bertz CT molecular complexity index is 329. The van der Waals surface area contributed by atoms with Crippen molar-refractivity contribution in [3.63, 3.8) is 0 Å². The van der Waals surface area contributed by atoms with Crippen molar-refractivity contribution in [3.8, 4) is 0 Å². The second kappa shape index (κ2) is 5.25. The predicted octanol–water partition coefficient (Wildman–Crippen LogP) is 1.93. The monoisotopic (exact) mass is 239 g/mol. The maximum atomic E-state index is 4.27. The lowest BCUT2D eigenvalue weighted by Gasteiger charge is -2.34. The molecule has 0 amide bonds. The Hall–Kier alpha value is -0.450. The number of nitrogens with zero attached hydrogens (tertiary/aromatic N) is 1. The zero-order chi connectivity index (χ0) is 11.4. The van der Waals surface area contributed by atoms with Crippen LogP contribution < -0.4 is 10.6 Å². The van der Waals surface area contributed by atoms with Gasteiger partial charge in [0.2, 0.25) is 0 Å². The van der Waals surface area contributed by atoms with Gasteiger partial charge in [0.25, 0.3) is 0 Å². The van der Waals surface area contributed by atoms with Crippen LogP contribution in [0, 0.1) is 12.3 Å². The molecule has 0 saturated carbocycles. The first-order chi connectivity index (χ1) is 7.68. The van der Waals surface area contributed by atoms with E-state index in [1.54, 1.807) is 11.3 Å². The van der Waals surface area contributed by atoms with Crippen LogP contribution in [0.5, 0.6) is 0 Å². The van der Waals surface area contributed by atoms with E-state index in [1.807, 2.05) is 6.20 Å². The average molecular weight is 239 g/mol. The number of aryl methyl sites for hydroxylation is 1. The number of rotatable bonds is 4. The third kappa shape index (κ3) is 3.27. The zero-order valence-corrected chi connectivity index (χ0v) is 11.0. The van der Waals surface area contributed by atoms with Gasteiger partial charge >= 0.3 is 0 Å². The number of nitrogens with one attached hydrogen (secondary N) is 2. The van der Waals surface area contributed by atoms with E-state index < -0.39 is 0 Å². The summed E-state index contributed by atoms with van der Waals surface area (Å²) in [7, 11) is 0. The van der Waals surface area contributed by atoms with Gasteiger partial charge < -0.3 is 10.6 Å².